The van der Waals surface area contributed by atoms with Gasteiger partial charge < -0.3 is 10.6 Å². The minimum Gasteiger partial charge on any atom is -0.356 e. The van der Waals surface area contributed by atoms with Crippen molar-refractivity contribution in [1.29, 1.82) is 0 Å². The van der Waals surface area contributed by atoms with Gasteiger partial charge in [-0.25, -0.2) is 0 Å². The Morgan fingerprint density at radius 1 is 1.35 bits per heavy atom. The Bertz CT molecular complexity index is 375. The van der Waals surface area contributed by atoms with E-state index in [1.807, 2.05) is 31.4 Å². The Hall–Kier alpha value is -1.58. The van der Waals surface area contributed by atoms with Crippen molar-refractivity contribution in [2.75, 3.05) is 13.6 Å². The van der Waals surface area contributed by atoms with Crippen molar-refractivity contribution in [2.45, 2.75) is 52.0 Å². The van der Waals surface area contributed by atoms with E-state index in [0.717, 1.165) is 24.6 Å². The Balaban J connectivity index is 2.22. The zero-order valence-corrected chi connectivity index (χ0v) is 13.0. The maximum Gasteiger partial charge on any atom is 0.191 e. The van der Waals surface area contributed by atoms with E-state index in [0.29, 0.717) is 6.04 Å². The van der Waals surface area contributed by atoms with E-state index in [-0.39, 0.29) is 0 Å². The number of nitrogens with one attached hydrogen (secondary N) is 2. The summed E-state index contributed by atoms with van der Waals surface area (Å²) in [5.74, 6) is 0.880. The van der Waals surface area contributed by atoms with Crippen LogP contribution in [0.5, 0.6) is 0 Å². The van der Waals surface area contributed by atoms with Crippen molar-refractivity contribution in [1.82, 2.24) is 15.6 Å². The number of hydrogen-bond donors (Lipinski definition) is 2. The van der Waals surface area contributed by atoms with Gasteiger partial charge in [0, 0.05) is 37.9 Å². The normalized spacial score (nSPS) is 13.1. The first-order valence-corrected chi connectivity index (χ1v) is 7.63. The molecule has 0 saturated carbocycles. The second-order valence-corrected chi connectivity index (χ2v) is 5.11. The molecule has 0 fully saturated rings. The number of guanidine groups is 1. The summed E-state index contributed by atoms with van der Waals surface area (Å²) < 4.78 is 0. The summed E-state index contributed by atoms with van der Waals surface area (Å²) in [7, 11) is 1.81. The van der Waals surface area contributed by atoms with Crippen molar-refractivity contribution in [3.63, 3.8) is 0 Å². The molecule has 1 aromatic rings. The summed E-state index contributed by atoms with van der Waals surface area (Å²) in [5, 5.41) is 6.77. The zero-order valence-electron chi connectivity index (χ0n) is 13.0. The van der Waals surface area contributed by atoms with Gasteiger partial charge in [0.05, 0.1) is 0 Å². The van der Waals surface area contributed by atoms with E-state index in [9.17, 15) is 0 Å². The lowest BCUT2D eigenvalue weighted by Crippen LogP contribution is -2.42. The first-order chi connectivity index (χ1) is 9.76. The van der Waals surface area contributed by atoms with E-state index in [1.165, 1.54) is 25.7 Å². The van der Waals surface area contributed by atoms with Gasteiger partial charge in [-0.15, -0.1) is 0 Å². The molecule has 1 aromatic heterocycles. The van der Waals surface area contributed by atoms with Crippen LogP contribution >= 0.6 is 0 Å². The number of nitrogens with zero attached hydrogens (tertiary/aromatic N) is 2. The van der Waals surface area contributed by atoms with E-state index in [2.05, 4.69) is 34.5 Å². The van der Waals surface area contributed by atoms with Gasteiger partial charge in [-0.3, -0.25) is 9.98 Å². The standard InChI is InChI=1S/C16H28N4/c1-4-5-6-9-14(2)20-16(17-3)19-13-11-15-10-7-8-12-18-15/h7-8,10,12,14H,4-6,9,11,13H2,1-3H3,(H2,17,19,20). The van der Waals surface area contributed by atoms with E-state index in [4.69, 9.17) is 0 Å². The Kier molecular flexibility index (Phi) is 8.43. The van der Waals surface area contributed by atoms with Crippen LogP contribution in [0.25, 0.3) is 0 Å². The second-order valence-electron chi connectivity index (χ2n) is 5.11. The monoisotopic (exact) mass is 276 g/mol. The average molecular weight is 276 g/mol. The fourth-order valence-corrected chi connectivity index (χ4v) is 2.06. The molecular weight excluding hydrogens is 248 g/mol. The molecule has 2 N–H and O–H groups in total. The topological polar surface area (TPSA) is 49.3 Å². The molecule has 0 radical (unpaired) electrons. The van der Waals surface area contributed by atoms with Crippen molar-refractivity contribution < 1.29 is 0 Å². The van der Waals surface area contributed by atoms with Gasteiger partial charge in [-0.2, -0.15) is 0 Å². The smallest absolute Gasteiger partial charge is 0.191 e. The molecule has 0 aliphatic heterocycles. The molecule has 4 heteroatoms. The summed E-state index contributed by atoms with van der Waals surface area (Å²) in [5.41, 5.74) is 1.10. The van der Waals surface area contributed by atoms with E-state index >= 15 is 0 Å². The summed E-state index contributed by atoms with van der Waals surface area (Å²) in [6, 6.07) is 6.47. The maximum atomic E-state index is 4.31. The van der Waals surface area contributed by atoms with Crippen LogP contribution in [-0.2, 0) is 6.42 Å². The molecule has 1 atom stereocenters. The molecule has 0 aliphatic carbocycles. The molecule has 4 nitrogen and oxygen atoms in total. The highest BCUT2D eigenvalue weighted by atomic mass is 15.2. The molecule has 0 aromatic carbocycles. The molecule has 0 aliphatic rings. The third-order valence-corrected chi connectivity index (χ3v) is 3.25. The van der Waals surface area contributed by atoms with Crippen molar-refractivity contribution >= 4 is 5.96 Å². The highest BCUT2D eigenvalue weighted by molar-refractivity contribution is 5.79. The predicted octanol–water partition coefficient (Wildman–Crippen LogP) is 2.76. The summed E-state index contributed by atoms with van der Waals surface area (Å²) in [6.45, 7) is 5.29. The van der Waals surface area contributed by atoms with Crippen LogP contribution < -0.4 is 10.6 Å². The van der Waals surface area contributed by atoms with Crippen LogP contribution in [0.1, 0.15) is 45.2 Å². The molecule has 0 saturated heterocycles. The first kappa shape index (κ1) is 16.5. The molecule has 0 amide bonds. The van der Waals surface area contributed by atoms with Gasteiger partial charge in [0.2, 0.25) is 0 Å². The summed E-state index contributed by atoms with van der Waals surface area (Å²) in [6.07, 6.45) is 7.77. The average Bonchev–Trinajstić information content (AvgIpc) is 2.47. The Labute approximate surface area is 123 Å². The third kappa shape index (κ3) is 7.12. The molecular formula is C16H28N4. The van der Waals surface area contributed by atoms with Gasteiger partial charge in [-0.05, 0) is 25.5 Å². The van der Waals surface area contributed by atoms with Gasteiger partial charge in [-0.1, -0.05) is 32.3 Å². The molecule has 0 bridgehead atoms. The lowest BCUT2D eigenvalue weighted by Gasteiger charge is -2.17. The summed E-state index contributed by atoms with van der Waals surface area (Å²) >= 11 is 0. The van der Waals surface area contributed by atoms with E-state index < -0.39 is 0 Å². The fourth-order valence-electron chi connectivity index (χ4n) is 2.06. The Morgan fingerprint density at radius 3 is 2.85 bits per heavy atom. The quantitative estimate of drug-likeness (QED) is 0.436. The third-order valence-electron chi connectivity index (χ3n) is 3.25. The molecule has 1 rings (SSSR count). The SMILES string of the molecule is CCCCCC(C)NC(=NC)NCCc1ccccn1. The van der Waals surface area contributed by atoms with Gasteiger partial charge >= 0.3 is 0 Å². The number of rotatable bonds is 8. The lowest BCUT2D eigenvalue weighted by atomic mass is 10.1. The fraction of sp³-hybridized carbons (Fsp3) is 0.625. The zero-order chi connectivity index (χ0) is 14.6. The molecule has 0 spiro atoms. The predicted molar refractivity (Wildman–Crippen MR) is 86.0 cm³/mol. The minimum absolute atomic E-state index is 0.461. The minimum atomic E-state index is 0.461. The molecule has 112 valence electrons. The van der Waals surface area contributed by atoms with Crippen LogP contribution in [0.3, 0.4) is 0 Å². The maximum absolute atomic E-state index is 4.31. The van der Waals surface area contributed by atoms with Crippen LogP contribution in [0.15, 0.2) is 29.4 Å². The number of unbranched alkanes of at least 4 members (excludes halogenated alkanes) is 2. The number of hydrogen-bond acceptors (Lipinski definition) is 2. The molecule has 1 heterocycles. The van der Waals surface area contributed by atoms with Crippen LogP contribution in [0.2, 0.25) is 0 Å². The molecule has 1 unspecified atom stereocenters. The largest absolute Gasteiger partial charge is 0.356 e. The van der Waals surface area contributed by atoms with Gasteiger partial charge in [0.1, 0.15) is 0 Å². The molecule has 20 heavy (non-hydrogen) atoms. The highest BCUT2D eigenvalue weighted by Gasteiger charge is 2.04. The Morgan fingerprint density at radius 2 is 2.20 bits per heavy atom. The van der Waals surface area contributed by atoms with Crippen molar-refractivity contribution in [3.05, 3.63) is 30.1 Å². The van der Waals surface area contributed by atoms with Gasteiger partial charge in [0.15, 0.2) is 5.96 Å². The second kappa shape index (κ2) is 10.2. The first-order valence-electron chi connectivity index (χ1n) is 7.63. The van der Waals surface area contributed by atoms with Crippen LogP contribution in [0, 0.1) is 0 Å². The highest BCUT2D eigenvalue weighted by Crippen LogP contribution is 2.02. The number of aliphatic imine (C=N–C) groups is 1. The number of aromatic nitrogens is 1. The van der Waals surface area contributed by atoms with Gasteiger partial charge in [0.25, 0.3) is 0 Å². The van der Waals surface area contributed by atoms with Crippen LogP contribution in [0.4, 0.5) is 0 Å². The number of pyridine rings is 1. The van der Waals surface area contributed by atoms with Crippen molar-refractivity contribution in [2.24, 2.45) is 4.99 Å². The van der Waals surface area contributed by atoms with E-state index in [1.54, 1.807) is 0 Å². The lowest BCUT2D eigenvalue weighted by molar-refractivity contribution is 0.547. The van der Waals surface area contributed by atoms with Crippen molar-refractivity contribution in [3.8, 4) is 0 Å². The summed E-state index contributed by atoms with van der Waals surface area (Å²) in [4.78, 5) is 8.57. The van der Waals surface area contributed by atoms with Crippen LogP contribution in [-0.4, -0.2) is 30.6 Å².